The molecule has 0 radical (unpaired) electrons. The lowest BCUT2D eigenvalue weighted by atomic mass is 10.1. The van der Waals surface area contributed by atoms with Crippen LogP contribution in [0, 0.1) is 17.1 Å². The highest BCUT2D eigenvalue weighted by Crippen LogP contribution is 2.30. The maximum absolute atomic E-state index is 13.1. The Kier molecular flexibility index (Phi) is 5.72. The molecule has 3 aromatic carbocycles. The summed E-state index contributed by atoms with van der Waals surface area (Å²) in [6.07, 6.45) is 1.58. The highest BCUT2D eigenvalue weighted by atomic mass is 19.1. The molecule has 2 N–H and O–H groups in total. The topological polar surface area (TPSA) is 79.6 Å². The Morgan fingerprint density at radius 1 is 1.00 bits per heavy atom. The van der Waals surface area contributed by atoms with Gasteiger partial charge in [0.2, 0.25) is 0 Å². The van der Waals surface area contributed by atoms with E-state index in [-0.39, 0.29) is 17.1 Å². The molecular formula is C24H21FN4O2. The lowest BCUT2D eigenvalue weighted by molar-refractivity contribution is -0.112. The quantitative estimate of drug-likeness (QED) is 0.499. The number of fused-ring (bicyclic) bond motifs is 1. The number of carbonyl (C=O) groups is 1. The first-order valence-electron chi connectivity index (χ1n) is 9.94. The lowest BCUT2D eigenvalue weighted by Gasteiger charge is -2.35. The number of benzene rings is 3. The number of phenolic OH excluding ortho intramolecular Hbond substituents is 1. The van der Waals surface area contributed by atoms with Crippen LogP contribution >= 0.6 is 0 Å². The van der Waals surface area contributed by atoms with E-state index in [1.54, 1.807) is 54.7 Å². The molecular weight excluding hydrogens is 395 g/mol. The van der Waals surface area contributed by atoms with Gasteiger partial charge in [0.1, 0.15) is 23.2 Å². The second-order valence-electron chi connectivity index (χ2n) is 7.29. The molecule has 7 heteroatoms. The van der Waals surface area contributed by atoms with Crippen molar-refractivity contribution in [3.05, 3.63) is 78.3 Å². The van der Waals surface area contributed by atoms with E-state index < -0.39 is 5.91 Å². The summed E-state index contributed by atoms with van der Waals surface area (Å²) in [4.78, 5) is 16.8. The summed E-state index contributed by atoms with van der Waals surface area (Å²) < 4.78 is 13.1. The molecule has 0 aromatic heterocycles. The first-order chi connectivity index (χ1) is 15.0. The molecule has 1 heterocycles. The number of nitriles is 1. The van der Waals surface area contributed by atoms with E-state index in [0.717, 1.165) is 5.69 Å². The fourth-order valence-electron chi connectivity index (χ4n) is 3.67. The molecule has 1 fully saturated rings. The first-order valence-corrected chi connectivity index (χ1v) is 9.94. The molecule has 0 saturated carbocycles. The summed E-state index contributed by atoms with van der Waals surface area (Å²) in [6, 6.07) is 18.7. The van der Waals surface area contributed by atoms with Crippen molar-refractivity contribution in [2.24, 2.45) is 0 Å². The molecule has 0 atom stereocenters. The number of rotatable bonds is 4. The standard InChI is InChI=1S/C24H21FN4O2/c25-18-7-9-19(10-8-18)29-13-11-28(12-14-29)16-17(15-26)24(31)27-22-5-1-4-21-20(22)3-2-6-23(21)30/h1-10,16,30H,11-14H2,(H,27,31)/b17-16-. The minimum atomic E-state index is -0.501. The van der Waals surface area contributed by atoms with E-state index >= 15 is 0 Å². The molecule has 1 saturated heterocycles. The molecule has 6 nitrogen and oxygen atoms in total. The SMILES string of the molecule is N#C/C(=C/N1CCN(c2ccc(F)cc2)CC1)C(=O)Nc1cccc2c(O)cccc12. The van der Waals surface area contributed by atoms with Gasteiger partial charge in [-0.2, -0.15) is 5.26 Å². The van der Waals surface area contributed by atoms with Crippen molar-refractivity contribution < 1.29 is 14.3 Å². The van der Waals surface area contributed by atoms with Gasteiger partial charge in [0.15, 0.2) is 0 Å². The number of nitrogens with one attached hydrogen (secondary N) is 1. The molecule has 1 amide bonds. The number of carbonyl (C=O) groups excluding carboxylic acids is 1. The van der Waals surface area contributed by atoms with Crippen molar-refractivity contribution in [1.82, 2.24) is 4.90 Å². The minimum Gasteiger partial charge on any atom is -0.507 e. The van der Waals surface area contributed by atoms with Gasteiger partial charge in [-0.1, -0.05) is 24.3 Å². The largest absolute Gasteiger partial charge is 0.507 e. The second-order valence-corrected chi connectivity index (χ2v) is 7.29. The molecule has 0 bridgehead atoms. The van der Waals surface area contributed by atoms with Crippen LogP contribution in [0.4, 0.5) is 15.8 Å². The summed E-state index contributed by atoms with van der Waals surface area (Å²) in [6.45, 7) is 2.67. The van der Waals surface area contributed by atoms with Gasteiger partial charge in [-0.15, -0.1) is 0 Å². The van der Waals surface area contributed by atoms with Gasteiger partial charge < -0.3 is 20.2 Å². The van der Waals surface area contributed by atoms with Crippen LogP contribution in [0.15, 0.2) is 72.4 Å². The summed E-state index contributed by atoms with van der Waals surface area (Å²) >= 11 is 0. The molecule has 156 valence electrons. The third-order valence-electron chi connectivity index (χ3n) is 5.33. The van der Waals surface area contributed by atoms with Gasteiger partial charge in [0.25, 0.3) is 5.91 Å². The van der Waals surface area contributed by atoms with Gasteiger partial charge in [0.05, 0.1) is 0 Å². The Morgan fingerprint density at radius 2 is 1.68 bits per heavy atom. The van der Waals surface area contributed by atoms with E-state index in [1.807, 2.05) is 11.0 Å². The van der Waals surface area contributed by atoms with Gasteiger partial charge in [-0.3, -0.25) is 4.79 Å². The number of aromatic hydroxyl groups is 1. The third-order valence-corrected chi connectivity index (χ3v) is 5.33. The number of nitrogens with zero attached hydrogens (tertiary/aromatic N) is 3. The molecule has 0 aliphatic carbocycles. The summed E-state index contributed by atoms with van der Waals surface area (Å²) in [7, 11) is 0. The summed E-state index contributed by atoms with van der Waals surface area (Å²) in [5.41, 5.74) is 1.48. The number of anilines is 2. The van der Waals surface area contributed by atoms with Crippen LogP contribution < -0.4 is 10.2 Å². The van der Waals surface area contributed by atoms with Crippen molar-refractivity contribution in [3.63, 3.8) is 0 Å². The van der Waals surface area contributed by atoms with Crippen LogP contribution in [-0.4, -0.2) is 42.1 Å². The number of halogens is 1. The molecule has 1 aliphatic rings. The average Bonchev–Trinajstić information content (AvgIpc) is 2.79. The van der Waals surface area contributed by atoms with Gasteiger partial charge in [0, 0.05) is 54.5 Å². The number of hydrogen-bond donors (Lipinski definition) is 2. The molecule has 31 heavy (non-hydrogen) atoms. The minimum absolute atomic E-state index is 0.00684. The van der Waals surface area contributed by atoms with Crippen molar-refractivity contribution in [2.75, 3.05) is 36.4 Å². The van der Waals surface area contributed by atoms with Gasteiger partial charge in [-0.25, -0.2) is 4.39 Å². The van der Waals surface area contributed by atoms with Crippen molar-refractivity contribution in [1.29, 1.82) is 5.26 Å². The maximum atomic E-state index is 13.1. The van der Waals surface area contributed by atoms with Crippen LogP contribution in [-0.2, 0) is 4.79 Å². The van der Waals surface area contributed by atoms with E-state index in [0.29, 0.717) is 42.6 Å². The van der Waals surface area contributed by atoms with Gasteiger partial charge >= 0.3 is 0 Å². The predicted molar refractivity (Wildman–Crippen MR) is 118 cm³/mol. The van der Waals surface area contributed by atoms with Crippen LogP contribution in [0.25, 0.3) is 10.8 Å². The van der Waals surface area contributed by atoms with Crippen LogP contribution in [0.2, 0.25) is 0 Å². The first kappa shape index (κ1) is 20.2. The van der Waals surface area contributed by atoms with Crippen LogP contribution in [0.3, 0.4) is 0 Å². The third kappa shape index (κ3) is 4.43. The molecule has 1 aliphatic heterocycles. The second kappa shape index (κ2) is 8.76. The molecule has 3 aromatic rings. The summed E-state index contributed by atoms with van der Waals surface area (Å²) in [5.74, 6) is -0.639. The Labute approximate surface area is 179 Å². The number of hydrogen-bond acceptors (Lipinski definition) is 5. The normalized spacial score (nSPS) is 14.4. The van der Waals surface area contributed by atoms with Crippen molar-refractivity contribution in [3.8, 4) is 11.8 Å². The summed E-state index contributed by atoms with van der Waals surface area (Å²) in [5, 5.41) is 23.6. The Hall–Kier alpha value is -4.05. The van der Waals surface area contributed by atoms with Gasteiger partial charge in [-0.05, 0) is 36.4 Å². The highest BCUT2D eigenvalue weighted by Gasteiger charge is 2.18. The Bertz CT molecular complexity index is 1180. The van der Waals surface area contributed by atoms with E-state index in [4.69, 9.17) is 0 Å². The van der Waals surface area contributed by atoms with E-state index in [9.17, 15) is 19.6 Å². The van der Waals surface area contributed by atoms with E-state index in [1.165, 1.54) is 12.1 Å². The Morgan fingerprint density at radius 3 is 2.39 bits per heavy atom. The lowest BCUT2D eigenvalue weighted by Crippen LogP contribution is -2.44. The zero-order valence-electron chi connectivity index (χ0n) is 16.8. The zero-order valence-corrected chi connectivity index (χ0v) is 16.8. The van der Waals surface area contributed by atoms with Crippen molar-refractivity contribution in [2.45, 2.75) is 0 Å². The molecule has 0 spiro atoms. The fraction of sp³-hybridized carbons (Fsp3) is 0.167. The van der Waals surface area contributed by atoms with Crippen LogP contribution in [0.5, 0.6) is 5.75 Å². The predicted octanol–water partition coefficient (Wildman–Crippen LogP) is 3.85. The van der Waals surface area contributed by atoms with Crippen molar-refractivity contribution >= 4 is 28.1 Å². The number of piperazine rings is 1. The number of amides is 1. The zero-order chi connectivity index (χ0) is 21.8. The average molecular weight is 416 g/mol. The highest BCUT2D eigenvalue weighted by molar-refractivity contribution is 6.11. The maximum Gasteiger partial charge on any atom is 0.267 e. The molecule has 0 unspecified atom stereocenters. The monoisotopic (exact) mass is 416 g/mol. The van der Waals surface area contributed by atoms with Crippen LogP contribution in [0.1, 0.15) is 0 Å². The van der Waals surface area contributed by atoms with E-state index in [2.05, 4.69) is 10.2 Å². The fourth-order valence-corrected chi connectivity index (χ4v) is 3.67. The Balaban J connectivity index is 1.44. The molecule has 4 rings (SSSR count). The smallest absolute Gasteiger partial charge is 0.267 e. The number of phenols is 1.